The van der Waals surface area contributed by atoms with E-state index in [1.807, 2.05) is 13.8 Å². The molecule has 2 aromatic heterocycles. The molecule has 0 unspecified atom stereocenters. The predicted molar refractivity (Wildman–Crippen MR) is 77.3 cm³/mol. The van der Waals surface area contributed by atoms with Crippen LogP contribution in [0.1, 0.15) is 10.4 Å². The molecular weight excluding hydrogens is 302 g/mol. The van der Waals surface area contributed by atoms with Crippen molar-refractivity contribution in [3.05, 3.63) is 45.4 Å². The van der Waals surface area contributed by atoms with Crippen LogP contribution in [0.2, 0.25) is 5.15 Å². The van der Waals surface area contributed by atoms with E-state index in [0.717, 1.165) is 21.9 Å². The molecule has 0 saturated heterocycles. The second-order valence-corrected chi connectivity index (χ2v) is 5.99. The molecule has 1 aromatic carbocycles. The maximum Gasteiger partial charge on any atom is 0.165 e. The largest absolute Gasteiger partial charge is 0.217 e. The van der Waals surface area contributed by atoms with Gasteiger partial charge in [-0.15, -0.1) is 11.3 Å². The Balaban J connectivity index is 2.27. The van der Waals surface area contributed by atoms with Gasteiger partial charge in [-0.25, -0.2) is 18.7 Å². The minimum atomic E-state index is -0.703. The van der Waals surface area contributed by atoms with Crippen molar-refractivity contribution in [2.75, 3.05) is 0 Å². The third kappa shape index (κ3) is 2.07. The Labute approximate surface area is 123 Å². The van der Waals surface area contributed by atoms with Crippen LogP contribution in [0.5, 0.6) is 0 Å². The van der Waals surface area contributed by atoms with Gasteiger partial charge in [0.15, 0.2) is 5.82 Å². The molecule has 3 aromatic rings. The number of fused-ring (bicyclic) bond motifs is 1. The first-order chi connectivity index (χ1) is 9.47. The average Bonchev–Trinajstić information content (AvgIpc) is 2.65. The SMILES string of the molecule is Cc1sc2nc(-c3ccc(F)cc3F)nc(Cl)c2c1C. The van der Waals surface area contributed by atoms with Crippen molar-refractivity contribution in [3.8, 4) is 11.4 Å². The van der Waals surface area contributed by atoms with Crippen LogP contribution in [0.4, 0.5) is 8.78 Å². The van der Waals surface area contributed by atoms with Crippen molar-refractivity contribution >= 4 is 33.2 Å². The van der Waals surface area contributed by atoms with Crippen LogP contribution in [0.15, 0.2) is 18.2 Å². The highest BCUT2D eigenvalue weighted by Gasteiger charge is 2.16. The fourth-order valence-electron chi connectivity index (χ4n) is 1.99. The molecule has 0 spiro atoms. The molecule has 0 aliphatic heterocycles. The lowest BCUT2D eigenvalue weighted by Crippen LogP contribution is -1.94. The third-order valence-corrected chi connectivity index (χ3v) is 4.53. The number of aromatic nitrogens is 2. The van der Waals surface area contributed by atoms with Gasteiger partial charge < -0.3 is 0 Å². The van der Waals surface area contributed by atoms with E-state index in [-0.39, 0.29) is 16.5 Å². The Kier molecular flexibility index (Phi) is 3.18. The van der Waals surface area contributed by atoms with E-state index in [0.29, 0.717) is 4.83 Å². The zero-order valence-corrected chi connectivity index (χ0v) is 12.2. The molecule has 0 amide bonds. The smallest absolute Gasteiger partial charge is 0.165 e. The van der Waals surface area contributed by atoms with Gasteiger partial charge in [-0.05, 0) is 31.5 Å². The molecule has 0 bridgehead atoms. The molecule has 0 aliphatic carbocycles. The fourth-order valence-corrected chi connectivity index (χ4v) is 3.39. The van der Waals surface area contributed by atoms with Gasteiger partial charge in [0.1, 0.15) is 21.6 Å². The Morgan fingerprint density at radius 1 is 1.15 bits per heavy atom. The van der Waals surface area contributed by atoms with Crippen molar-refractivity contribution in [3.63, 3.8) is 0 Å². The minimum Gasteiger partial charge on any atom is -0.217 e. The number of hydrogen-bond acceptors (Lipinski definition) is 3. The normalized spacial score (nSPS) is 11.2. The predicted octanol–water partition coefficient (Wildman–Crippen LogP) is 4.91. The van der Waals surface area contributed by atoms with Crippen molar-refractivity contribution < 1.29 is 8.78 Å². The maximum absolute atomic E-state index is 13.8. The van der Waals surface area contributed by atoms with E-state index >= 15 is 0 Å². The van der Waals surface area contributed by atoms with Gasteiger partial charge in [0.25, 0.3) is 0 Å². The molecule has 2 nitrogen and oxygen atoms in total. The van der Waals surface area contributed by atoms with E-state index in [1.54, 1.807) is 0 Å². The minimum absolute atomic E-state index is 0.138. The summed E-state index contributed by atoms with van der Waals surface area (Å²) in [4.78, 5) is 10.3. The summed E-state index contributed by atoms with van der Waals surface area (Å²) in [6.45, 7) is 3.91. The highest BCUT2D eigenvalue weighted by atomic mass is 35.5. The van der Waals surface area contributed by atoms with Crippen LogP contribution in [0.3, 0.4) is 0 Å². The van der Waals surface area contributed by atoms with E-state index in [2.05, 4.69) is 9.97 Å². The van der Waals surface area contributed by atoms with Crippen LogP contribution in [0.25, 0.3) is 21.6 Å². The molecule has 0 radical (unpaired) electrons. The van der Waals surface area contributed by atoms with Crippen LogP contribution in [-0.4, -0.2) is 9.97 Å². The van der Waals surface area contributed by atoms with Crippen molar-refractivity contribution in [2.45, 2.75) is 13.8 Å². The van der Waals surface area contributed by atoms with Crippen LogP contribution in [-0.2, 0) is 0 Å². The lowest BCUT2D eigenvalue weighted by molar-refractivity contribution is 0.585. The maximum atomic E-state index is 13.8. The van der Waals surface area contributed by atoms with Crippen molar-refractivity contribution in [1.29, 1.82) is 0 Å². The van der Waals surface area contributed by atoms with E-state index in [1.165, 1.54) is 23.5 Å². The summed E-state index contributed by atoms with van der Waals surface area (Å²) in [5.74, 6) is -1.17. The molecular formula is C14H9ClF2N2S. The molecule has 0 fully saturated rings. The van der Waals surface area contributed by atoms with E-state index in [4.69, 9.17) is 11.6 Å². The molecule has 0 aliphatic rings. The van der Waals surface area contributed by atoms with Gasteiger partial charge in [-0.2, -0.15) is 0 Å². The summed E-state index contributed by atoms with van der Waals surface area (Å²) in [5, 5.41) is 1.08. The van der Waals surface area contributed by atoms with E-state index < -0.39 is 11.6 Å². The van der Waals surface area contributed by atoms with Crippen molar-refractivity contribution in [2.24, 2.45) is 0 Å². The molecule has 0 N–H and O–H groups in total. The first-order valence-corrected chi connectivity index (χ1v) is 7.05. The second-order valence-electron chi connectivity index (χ2n) is 4.43. The average molecular weight is 311 g/mol. The Bertz CT molecular complexity index is 830. The van der Waals surface area contributed by atoms with Gasteiger partial charge in [0.05, 0.1) is 10.9 Å². The molecule has 102 valence electrons. The van der Waals surface area contributed by atoms with Crippen molar-refractivity contribution in [1.82, 2.24) is 9.97 Å². The number of aryl methyl sites for hydroxylation is 2. The highest BCUT2D eigenvalue weighted by Crippen LogP contribution is 2.34. The second kappa shape index (κ2) is 4.75. The fraction of sp³-hybridized carbons (Fsp3) is 0.143. The van der Waals surface area contributed by atoms with Gasteiger partial charge >= 0.3 is 0 Å². The zero-order chi connectivity index (χ0) is 14.4. The number of benzene rings is 1. The molecule has 0 saturated carbocycles. The molecule has 0 atom stereocenters. The van der Waals surface area contributed by atoms with Gasteiger partial charge in [-0.3, -0.25) is 0 Å². The number of nitrogens with zero attached hydrogens (tertiary/aromatic N) is 2. The lowest BCUT2D eigenvalue weighted by Gasteiger charge is -2.04. The summed E-state index contributed by atoms with van der Waals surface area (Å²) in [6, 6.07) is 3.29. The number of hydrogen-bond donors (Lipinski definition) is 0. The first-order valence-electron chi connectivity index (χ1n) is 5.86. The van der Waals surface area contributed by atoms with E-state index in [9.17, 15) is 8.78 Å². The Morgan fingerprint density at radius 2 is 1.90 bits per heavy atom. The zero-order valence-electron chi connectivity index (χ0n) is 10.7. The molecule has 20 heavy (non-hydrogen) atoms. The highest BCUT2D eigenvalue weighted by molar-refractivity contribution is 7.18. The van der Waals surface area contributed by atoms with Crippen LogP contribution < -0.4 is 0 Å². The Morgan fingerprint density at radius 3 is 2.60 bits per heavy atom. The first kappa shape index (κ1) is 13.4. The lowest BCUT2D eigenvalue weighted by atomic mass is 10.2. The molecule has 3 rings (SSSR count). The number of rotatable bonds is 1. The number of halogens is 3. The topological polar surface area (TPSA) is 25.8 Å². The van der Waals surface area contributed by atoms with Crippen LogP contribution >= 0.6 is 22.9 Å². The monoisotopic (exact) mass is 310 g/mol. The quantitative estimate of drug-likeness (QED) is 0.597. The summed E-state index contributed by atoms with van der Waals surface area (Å²) in [7, 11) is 0. The van der Waals surface area contributed by atoms with Gasteiger partial charge in [0.2, 0.25) is 0 Å². The third-order valence-electron chi connectivity index (χ3n) is 3.16. The summed E-state index contributed by atoms with van der Waals surface area (Å²) < 4.78 is 26.7. The van der Waals surface area contributed by atoms with Gasteiger partial charge in [0, 0.05) is 10.9 Å². The number of thiophene rings is 1. The summed E-state index contributed by atoms with van der Waals surface area (Å²) >= 11 is 7.65. The summed E-state index contributed by atoms with van der Waals surface area (Å²) in [5.41, 5.74) is 1.17. The van der Waals surface area contributed by atoms with Gasteiger partial charge in [-0.1, -0.05) is 11.6 Å². The molecule has 6 heteroatoms. The Hall–Kier alpha value is -1.59. The standard InChI is InChI=1S/C14H9ClF2N2S/c1-6-7(2)20-14-11(6)12(15)18-13(19-14)9-4-3-8(16)5-10(9)17/h3-5H,1-2H3. The van der Waals surface area contributed by atoms with Crippen LogP contribution in [0, 0.1) is 25.5 Å². The molecule has 2 heterocycles. The summed E-state index contributed by atoms with van der Waals surface area (Å²) in [6.07, 6.45) is 0.